The first kappa shape index (κ1) is 20.8. The molecular formula is C23H18N4O2S2. The fourth-order valence-corrected chi connectivity index (χ4v) is 4.30. The van der Waals surface area contributed by atoms with Crippen molar-refractivity contribution in [3.63, 3.8) is 0 Å². The predicted molar refractivity (Wildman–Crippen MR) is 125 cm³/mol. The number of carbonyl (C=O) groups is 2. The van der Waals surface area contributed by atoms with Crippen LogP contribution in [0.4, 0.5) is 5.13 Å². The van der Waals surface area contributed by atoms with Gasteiger partial charge >= 0.3 is 0 Å². The van der Waals surface area contributed by atoms with Gasteiger partial charge in [0, 0.05) is 22.7 Å². The lowest BCUT2D eigenvalue weighted by Gasteiger charge is -2.06. The Labute approximate surface area is 187 Å². The maximum Gasteiger partial charge on any atom is 0.260 e. The average molecular weight is 447 g/mol. The first-order chi connectivity index (χ1) is 15.0. The van der Waals surface area contributed by atoms with Crippen LogP contribution in [-0.2, 0) is 0 Å². The highest BCUT2D eigenvalue weighted by Gasteiger charge is 2.14. The van der Waals surface area contributed by atoms with Crippen molar-refractivity contribution in [3.05, 3.63) is 83.4 Å². The number of thioether (sulfide) groups is 1. The Balaban J connectivity index is 1.54. The lowest BCUT2D eigenvalue weighted by atomic mass is 10.0. The number of hydrogen-bond donors (Lipinski definition) is 2. The average Bonchev–Trinajstić information content (AvgIpc) is 3.27. The number of hydrogen-bond acceptors (Lipinski definition) is 6. The normalized spacial score (nSPS) is 10.6. The number of benzene rings is 2. The third kappa shape index (κ3) is 4.65. The summed E-state index contributed by atoms with van der Waals surface area (Å²) in [5.74, 6) is -0.685. The molecule has 0 fully saturated rings. The highest BCUT2D eigenvalue weighted by molar-refractivity contribution is 7.98. The van der Waals surface area contributed by atoms with Gasteiger partial charge in [-0.1, -0.05) is 30.3 Å². The molecule has 0 bridgehead atoms. The number of aromatic nitrogens is 2. The number of nitrogens with two attached hydrogens (primary N) is 1. The molecule has 3 N–H and O–H groups in total. The molecule has 0 aliphatic rings. The second-order valence-corrected chi connectivity index (χ2v) is 8.23. The number of pyridine rings is 1. The largest absolute Gasteiger partial charge is 0.366 e. The van der Waals surface area contributed by atoms with Gasteiger partial charge in [-0.2, -0.15) is 0 Å². The molecule has 6 nitrogen and oxygen atoms in total. The number of rotatable bonds is 6. The van der Waals surface area contributed by atoms with Crippen molar-refractivity contribution in [3.8, 4) is 22.4 Å². The smallest absolute Gasteiger partial charge is 0.260 e. The lowest BCUT2D eigenvalue weighted by Crippen LogP contribution is -2.13. The summed E-state index contributed by atoms with van der Waals surface area (Å²) in [5.41, 5.74) is 9.97. The van der Waals surface area contributed by atoms with Crippen LogP contribution in [0.1, 0.15) is 20.7 Å². The van der Waals surface area contributed by atoms with Gasteiger partial charge in [-0.05, 0) is 47.7 Å². The minimum absolute atomic E-state index is 0.235. The van der Waals surface area contributed by atoms with E-state index in [0.29, 0.717) is 21.3 Å². The summed E-state index contributed by atoms with van der Waals surface area (Å²) in [7, 11) is 0. The summed E-state index contributed by atoms with van der Waals surface area (Å²) in [5, 5.41) is 5.96. The number of anilines is 1. The summed E-state index contributed by atoms with van der Waals surface area (Å²) >= 11 is 2.79. The molecule has 0 radical (unpaired) electrons. The molecule has 4 rings (SSSR count). The molecule has 0 saturated carbocycles. The molecule has 2 aromatic heterocycles. The van der Waals surface area contributed by atoms with Gasteiger partial charge in [-0.25, -0.2) is 9.97 Å². The third-order valence-electron chi connectivity index (χ3n) is 4.59. The zero-order valence-corrected chi connectivity index (χ0v) is 18.2. The molecule has 4 aromatic rings. The maximum atomic E-state index is 12.6. The molecule has 0 unspecified atom stereocenters. The molecule has 0 atom stereocenters. The van der Waals surface area contributed by atoms with Crippen LogP contribution in [0.25, 0.3) is 22.4 Å². The van der Waals surface area contributed by atoms with E-state index < -0.39 is 5.91 Å². The van der Waals surface area contributed by atoms with Gasteiger partial charge in [0.2, 0.25) is 5.91 Å². The van der Waals surface area contributed by atoms with Crippen molar-refractivity contribution in [1.29, 1.82) is 0 Å². The van der Waals surface area contributed by atoms with Crippen molar-refractivity contribution in [2.45, 2.75) is 5.03 Å². The van der Waals surface area contributed by atoms with Crippen LogP contribution in [0.15, 0.2) is 77.3 Å². The van der Waals surface area contributed by atoms with Crippen molar-refractivity contribution in [1.82, 2.24) is 9.97 Å². The van der Waals surface area contributed by atoms with E-state index in [-0.39, 0.29) is 5.91 Å². The Hall–Kier alpha value is -3.49. The molecule has 2 heterocycles. The monoisotopic (exact) mass is 446 g/mol. The summed E-state index contributed by atoms with van der Waals surface area (Å²) in [6.45, 7) is 0. The van der Waals surface area contributed by atoms with Crippen LogP contribution < -0.4 is 11.1 Å². The molecule has 8 heteroatoms. The fraction of sp³-hybridized carbons (Fsp3) is 0.0435. The van der Waals surface area contributed by atoms with E-state index in [4.69, 9.17) is 5.73 Å². The first-order valence-electron chi connectivity index (χ1n) is 9.31. The summed E-state index contributed by atoms with van der Waals surface area (Å²) < 4.78 is 0. The molecule has 0 saturated heterocycles. The lowest BCUT2D eigenvalue weighted by molar-refractivity contribution is 0.0997. The summed E-state index contributed by atoms with van der Waals surface area (Å²) in [6, 6.07) is 18.6. The molecule has 0 aliphatic heterocycles. The van der Waals surface area contributed by atoms with Gasteiger partial charge in [0.15, 0.2) is 5.13 Å². The van der Waals surface area contributed by atoms with Crippen LogP contribution >= 0.6 is 23.1 Å². The van der Waals surface area contributed by atoms with E-state index >= 15 is 0 Å². The van der Waals surface area contributed by atoms with E-state index in [1.807, 2.05) is 48.0 Å². The van der Waals surface area contributed by atoms with Crippen LogP contribution in [-0.4, -0.2) is 28.0 Å². The SMILES string of the molecule is CSc1ncccc1C(=O)Nc1nc(-c2cccc(-c3ccc(C(N)=O)cc3)c2)cs1. The molecule has 2 aromatic carbocycles. The molecule has 0 aliphatic carbocycles. The second kappa shape index (κ2) is 9.11. The van der Waals surface area contributed by atoms with E-state index in [0.717, 1.165) is 22.4 Å². The topological polar surface area (TPSA) is 98.0 Å². The van der Waals surface area contributed by atoms with Gasteiger partial charge < -0.3 is 5.73 Å². The van der Waals surface area contributed by atoms with E-state index in [9.17, 15) is 9.59 Å². The molecular weight excluding hydrogens is 428 g/mol. The van der Waals surface area contributed by atoms with Crippen molar-refractivity contribution in [2.75, 3.05) is 11.6 Å². The maximum absolute atomic E-state index is 12.6. The van der Waals surface area contributed by atoms with Gasteiger partial charge in [-0.3, -0.25) is 14.9 Å². The van der Waals surface area contributed by atoms with Gasteiger partial charge in [0.1, 0.15) is 5.03 Å². The van der Waals surface area contributed by atoms with Crippen LogP contribution in [0.3, 0.4) is 0 Å². The molecule has 0 spiro atoms. The highest BCUT2D eigenvalue weighted by atomic mass is 32.2. The Kier molecular flexibility index (Phi) is 6.11. The van der Waals surface area contributed by atoms with Gasteiger partial charge in [0.25, 0.3) is 5.91 Å². The standard InChI is InChI=1S/C23H18N4O2S2/c1-30-22-18(6-3-11-25-22)21(29)27-23-26-19(13-31-23)17-5-2-4-16(12-17)14-7-9-15(10-8-14)20(24)28/h2-13H,1H3,(H2,24,28)(H,26,27,29). The number of nitrogens with one attached hydrogen (secondary N) is 1. The zero-order chi connectivity index (χ0) is 21.8. The van der Waals surface area contributed by atoms with Crippen molar-refractivity contribution >= 4 is 40.0 Å². The van der Waals surface area contributed by atoms with E-state index in [2.05, 4.69) is 15.3 Å². The summed E-state index contributed by atoms with van der Waals surface area (Å²) in [4.78, 5) is 32.7. The first-order valence-corrected chi connectivity index (χ1v) is 11.4. The van der Waals surface area contributed by atoms with Gasteiger partial charge in [-0.15, -0.1) is 23.1 Å². The van der Waals surface area contributed by atoms with Crippen molar-refractivity contribution < 1.29 is 9.59 Å². The Bertz CT molecular complexity index is 1250. The second-order valence-electron chi connectivity index (χ2n) is 6.57. The molecule has 31 heavy (non-hydrogen) atoms. The third-order valence-corrected chi connectivity index (χ3v) is 6.06. The van der Waals surface area contributed by atoms with E-state index in [1.165, 1.54) is 23.1 Å². The summed E-state index contributed by atoms with van der Waals surface area (Å²) in [6.07, 6.45) is 3.55. The van der Waals surface area contributed by atoms with Crippen LogP contribution in [0.2, 0.25) is 0 Å². The zero-order valence-electron chi connectivity index (χ0n) is 16.5. The molecule has 2 amide bonds. The number of carbonyl (C=O) groups excluding carboxylic acids is 2. The number of thiazole rings is 1. The molecule has 154 valence electrons. The van der Waals surface area contributed by atoms with E-state index in [1.54, 1.807) is 30.5 Å². The minimum Gasteiger partial charge on any atom is -0.366 e. The van der Waals surface area contributed by atoms with Crippen LogP contribution in [0.5, 0.6) is 0 Å². The Morgan fingerprint density at radius 1 is 1.00 bits per heavy atom. The van der Waals surface area contributed by atoms with Crippen molar-refractivity contribution in [2.24, 2.45) is 5.73 Å². The highest BCUT2D eigenvalue weighted by Crippen LogP contribution is 2.29. The quantitative estimate of drug-likeness (QED) is 0.409. The Morgan fingerprint density at radius 3 is 2.52 bits per heavy atom. The minimum atomic E-state index is -0.451. The van der Waals surface area contributed by atoms with Gasteiger partial charge in [0.05, 0.1) is 11.3 Å². The number of primary amides is 1. The van der Waals surface area contributed by atoms with Crippen LogP contribution in [0, 0.1) is 0 Å². The number of amides is 2. The predicted octanol–water partition coefficient (Wildman–Crippen LogP) is 4.95. The Morgan fingerprint density at radius 2 is 1.77 bits per heavy atom. The number of nitrogens with zero attached hydrogens (tertiary/aromatic N) is 2. The fourth-order valence-electron chi connectivity index (χ4n) is 3.04.